The summed E-state index contributed by atoms with van der Waals surface area (Å²) in [7, 11) is 0. The number of benzene rings is 2. The van der Waals surface area contributed by atoms with Gasteiger partial charge in [0.05, 0.1) is 11.4 Å². The van der Waals surface area contributed by atoms with E-state index in [0.717, 1.165) is 5.69 Å². The second-order valence-corrected chi connectivity index (χ2v) is 6.85. The molecule has 0 atom stereocenters. The number of carbonyl (C=O) groups is 3. The lowest BCUT2D eigenvalue weighted by atomic mass is 10.2. The largest absolute Gasteiger partial charge is 0.366 e. The van der Waals surface area contributed by atoms with Gasteiger partial charge in [-0.25, -0.2) is 4.98 Å². The van der Waals surface area contributed by atoms with Crippen LogP contribution in [-0.2, 0) is 9.59 Å². The fourth-order valence-corrected chi connectivity index (χ4v) is 3.38. The van der Waals surface area contributed by atoms with Crippen LogP contribution in [0.4, 0.5) is 16.5 Å². The third-order valence-corrected chi connectivity index (χ3v) is 4.72. The number of para-hydroxylation sites is 1. The highest BCUT2D eigenvalue weighted by atomic mass is 32.1. The van der Waals surface area contributed by atoms with Gasteiger partial charge in [0.2, 0.25) is 17.7 Å². The molecule has 0 fully saturated rings. The smallest absolute Gasteiger partial charge is 0.248 e. The molecule has 29 heavy (non-hydrogen) atoms. The molecule has 3 amide bonds. The zero-order valence-corrected chi connectivity index (χ0v) is 16.3. The van der Waals surface area contributed by atoms with Gasteiger partial charge in [-0.3, -0.25) is 19.3 Å². The minimum atomic E-state index is -0.530. The molecule has 0 radical (unpaired) electrons. The molecule has 7 nitrogen and oxygen atoms in total. The summed E-state index contributed by atoms with van der Waals surface area (Å²) in [6, 6.07) is 15.5. The van der Waals surface area contributed by atoms with Gasteiger partial charge in [0.25, 0.3) is 0 Å². The van der Waals surface area contributed by atoms with Crippen LogP contribution in [0.2, 0.25) is 0 Å². The number of carbonyl (C=O) groups excluding carboxylic acids is 3. The highest BCUT2D eigenvalue weighted by Gasteiger charge is 2.17. The van der Waals surface area contributed by atoms with Crippen LogP contribution in [0, 0.1) is 0 Å². The summed E-state index contributed by atoms with van der Waals surface area (Å²) in [6.45, 7) is 1.47. The molecule has 146 valence electrons. The van der Waals surface area contributed by atoms with Gasteiger partial charge in [-0.15, -0.1) is 11.3 Å². The Balaban J connectivity index is 1.68. The number of primary amides is 1. The Hall–Kier alpha value is -3.78. The maximum Gasteiger partial charge on any atom is 0.248 e. The van der Waals surface area contributed by atoms with Gasteiger partial charge in [-0.1, -0.05) is 18.2 Å². The lowest BCUT2D eigenvalue weighted by Crippen LogP contribution is -2.22. The molecule has 1 aromatic heterocycles. The highest BCUT2D eigenvalue weighted by molar-refractivity contribution is 7.14. The molecule has 3 N–H and O–H groups in total. The van der Waals surface area contributed by atoms with Crippen molar-refractivity contribution in [3.05, 3.63) is 77.3 Å². The zero-order chi connectivity index (χ0) is 20.8. The molecule has 0 aliphatic carbocycles. The Labute approximate surface area is 171 Å². The number of thiazole rings is 1. The molecule has 0 bridgehead atoms. The minimum Gasteiger partial charge on any atom is -0.366 e. The molecule has 2 aromatic carbocycles. The first-order chi connectivity index (χ1) is 13.9. The number of anilines is 3. The van der Waals surface area contributed by atoms with Gasteiger partial charge in [0, 0.05) is 29.6 Å². The number of hydrogen-bond donors (Lipinski definition) is 2. The lowest BCUT2D eigenvalue weighted by molar-refractivity contribution is -0.116. The fourth-order valence-electron chi connectivity index (χ4n) is 2.52. The number of nitrogens with one attached hydrogen (secondary N) is 1. The average Bonchev–Trinajstić information content (AvgIpc) is 3.16. The van der Waals surface area contributed by atoms with Crippen molar-refractivity contribution in [2.24, 2.45) is 5.73 Å². The molecule has 0 aliphatic rings. The van der Waals surface area contributed by atoms with E-state index in [1.54, 1.807) is 23.6 Å². The molecule has 1 heterocycles. The summed E-state index contributed by atoms with van der Waals surface area (Å²) in [5.41, 5.74) is 7.37. The summed E-state index contributed by atoms with van der Waals surface area (Å²) < 4.78 is 0. The Bertz CT molecular complexity index is 1060. The van der Waals surface area contributed by atoms with Crippen molar-refractivity contribution in [2.45, 2.75) is 6.92 Å². The van der Waals surface area contributed by atoms with Crippen LogP contribution in [0.25, 0.3) is 6.08 Å². The number of hydrogen-bond acceptors (Lipinski definition) is 5. The fraction of sp³-hybridized carbons (Fsp3) is 0.0476. The van der Waals surface area contributed by atoms with Crippen LogP contribution >= 0.6 is 11.3 Å². The summed E-state index contributed by atoms with van der Waals surface area (Å²) in [5.74, 6) is -1.03. The molecule has 0 unspecified atom stereocenters. The molecular formula is C21H18N4O3S. The molecule has 3 rings (SSSR count). The van der Waals surface area contributed by atoms with Gasteiger partial charge in [0.1, 0.15) is 0 Å². The van der Waals surface area contributed by atoms with Crippen molar-refractivity contribution >= 4 is 51.6 Å². The van der Waals surface area contributed by atoms with Crippen LogP contribution in [0.15, 0.2) is 66.1 Å². The van der Waals surface area contributed by atoms with E-state index in [2.05, 4.69) is 10.3 Å². The van der Waals surface area contributed by atoms with E-state index in [1.807, 2.05) is 30.3 Å². The van der Waals surface area contributed by atoms with E-state index in [9.17, 15) is 14.4 Å². The Kier molecular flexibility index (Phi) is 6.16. The molecule has 8 heteroatoms. The van der Waals surface area contributed by atoms with Crippen LogP contribution in [0.1, 0.15) is 23.0 Å². The Morgan fingerprint density at radius 3 is 2.38 bits per heavy atom. The van der Waals surface area contributed by atoms with Crippen LogP contribution < -0.4 is 16.0 Å². The molecule has 3 aromatic rings. The van der Waals surface area contributed by atoms with Crippen molar-refractivity contribution < 1.29 is 14.4 Å². The quantitative estimate of drug-likeness (QED) is 0.610. The Morgan fingerprint density at radius 1 is 1.07 bits per heavy atom. The maximum atomic E-state index is 12.1. The second-order valence-electron chi connectivity index (χ2n) is 6.01. The number of nitrogens with two attached hydrogens (primary N) is 1. The SMILES string of the molecule is CC(=O)N(c1ccccc1)c1nc(/C=C/C(=O)Nc2ccc(C(N)=O)cc2)cs1. The number of nitrogens with zero attached hydrogens (tertiary/aromatic N) is 2. The van der Waals surface area contributed by atoms with Crippen LogP contribution in [0.5, 0.6) is 0 Å². The summed E-state index contributed by atoms with van der Waals surface area (Å²) in [6.07, 6.45) is 2.91. The topological polar surface area (TPSA) is 105 Å². The molecule has 0 saturated carbocycles. The maximum absolute atomic E-state index is 12.1. The average molecular weight is 406 g/mol. The second kappa shape index (κ2) is 8.94. The van der Waals surface area contributed by atoms with Crippen molar-refractivity contribution in [2.75, 3.05) is 10.2 Å². The standard InChI is InChI=1S/C21H18N4O3S/c1-14(26)25(18-5-3-2-4-6-18)21-24-17(13-29-21)11-12-19(27)23-16-9-7-15(8-10-16)20(22)28/h2-13H,1H3,(H2,22,28)(H,23,27)/b12-11+. The normalized spacial score (nSPS) is 10.7. The molecule has 0 saturated heterocycles. The summed E-state index contributed by atoms with van der Waals surface area (Å²) in [5, 5.41) is 4.97. The van der Waals surface area contributed by atoms with Crippen LogP contribution in [0.3, 0.4) is 0 Å². The third-order valence-electron chi connectivity index (χ3n) is 3.87. The summed E-state index contributed by atoms with van der Waals surface area (Å²) >= 11 is 1.31. The van der Waals surface area contributed by atoms with E-state index in [4.69, 9.17) is 5.73 Å². The van der Waals surface area contributed by atoms with Gasteiger partial charge >= 0.3 is 0 Å². The third kappa shape index (κ3) is 5.14. The van der Waals surface area contributed by atoms with Gasteiger partial charge in [0.15, 0.2) is 5.13 Å². The minimum absolute atomic E-state index is 0.154. The molecular weight excluding hydrogens is 388 g/mol. The monoisotopic (exact) mass is 406 g/mol. The van der Waals surface area contributed by atoms with Crippen molar-refractivity contribution in [3.8, 4) is 0 Å². The van der Waals surface area contributed by atoms with Gasteiger partial charge in [-0.05, 0) is 42.5 Å². The first-order valence-electron chi connectivity index (χ1n) is 8.64. The van der Waals surface area contributed by atoms with E-state index in [0.29, 0.717) is 22.1 Å². The van der Waals surface area contributed by atoms with E-state index in [-0.39, 0.29) is 11.8 Å². The van der Waals surface area contributed by atoms with Crippen molar-refractivity contribution in [3.63, 3.8) is 0 Å². The molecule has 0 spiro atoms. The summed E-state index contributed by atoms with van der Waals surface area (Å²) in [4.78, 5) is 41.2. The first-order valence-corrected chi connectivity index (χ1v) is 9.52. The number of rotatable bonds is 6. The van der Waals surface area contributed by atoms with Crippen LogP contribution in [-0.4, -0.2) is 22.7 Å². The van der Waals surface area contributed by atoms with E-state index < -0.39 is 5.91 Å². The lowest BCUT2D eigenvalue weighted by Gasteiger charge is -2.17. The first kappa shape index (κ1) is 20.0. The molecule has 0 aliphatic heterocycles. The van der Waals surface area contributed by atoms with E-state index >= 15 is 0 Å². The van der Waals surface area contributed by atoms with E-state index in [1.165, 1.54) is 41.4 Å². The predicted octanol–water partition coefficient (Wildman–Crippen LogP) is 3.58. The van der Waals surface area contributed by atoms with Crippen molar-refractivity contribution in [1.82, 2.24) is 4.98 Å². The van der Waals surface area contributed by atoms with Gasteiger partial charge in [-0.2, -0.15) is 0 Å². The number of amides is 3. The Morgan fingerprint density at radius 2 is 1.76 bits per heavy atom. The number of aromatic nitrogens is 1. The predicted molar refractivity (Wildman–Crippen MR) is 114 cm³/mol. The highest BCUT2D eigenvalue weighted by Crippen LogP contribution is 2.29. The van der Waals surface area contributed by atoms with Crippen molar-refractivity contribution in [1.29, 1.82) is 0 Å². The zero-order valence-electron chi connectivity index (χ0n) is 15.5. The van der Waals surface area contributed by atoms with Gasteiger partial charge < -0.3 is 11.1 Å².